The maximum Gasteiger partial charge on any atom is 0.142 e. The van der Waals surface area contributed by atoms with Gasteiger partial charge in [0, 0.05) is 16.0 Å². The smallest absolute Gasteiger partial charge is 0.142 e. The van der Waals surface area contributed by atoms with Crippen LogP contribution < -0.4 is 5.73 Å². The van der Waals surface area contributed by atoms with Crippen molar-refractivity contribution >= 4 is 33.1 Å². The number of benzene rings is 1. The molecule has 5 heteroatoms. The fourth-order valence-corrected chi connectivity index (χ4v) is 4.05. The number of anilines is 1. The molecule has 3 aromatic rings. The molecule has 0 spiro atoms. The van der Waals surface area contributed by atoms with Gasteiger partial charge in [-0.15, -0.1) is 11.3 Å². The van der Waals surface area contributed by atoms with Gasteiger partial charge in [0.25, 0.3) is 0 Å². The Morgan fingerprint density at radius 1 is 1.13 bits per heavy atom. The van der Waals surface area contributed by atoms with Crippen LogP contribution in [-0.2, 0) is 0 Å². The van der Waals surface area contributed by atoms with Crippen LogP contribution in [0.5, 0.6) is 0 Å². The number of pyridine rings is 1. The van der Waals surface area contributed by atoms with Crippen molar-refractivity contribution in [1.29, 1.82) is 5.26 Å². The number of hydrogen-bond donors (Lipinski definition) is 1. The minimum Gasteiger partial charge on any atom is -0.383 e. The van der Waals surface area contributed by atoms with Crippen LogP contribution in [0.25, 0.3) is 21.7 Å². The lowest BCUT2D eigenvalue weighted by Crippen LogP contribution is -2.02. The van der Waals surface area contributed by atoms with Gasteiger partial charge in [-0.05, 0) is 47.5 Å². The molecule has 0 aliphatic heterocycles. The number of nitrogen functional groups attached to an aromatic ring is 1. The maximum atomic E-state index is 9.51. The van der Waals surface area contributed by atoms with Crippen LogP contribution in [0.1, 0.15) is 16.7 Å². The lowest BCUT2D eigenvalue weighted by atomic mass is 9.96. The van der Waals surface area contributed by atoms with Gasteiger partial charge in [-0.1, -0.05) is 29.8 Å². The Hall–Kier alpha value is -2.16. The van der Waals surface area contributed by atoms with Crippen molar-refractivity contribution in [2.75, 3.05) is 5.73 Å². The Labute approximate surface area is 147 Å². The van der Waals surface area contributed by atoms with Crippen LogP contribution in [-0.4, -0.2) is 4.98 Å². The van der Waals surface area contributed by atoms with Crippen molar-refractivity contribution in [3.63, 3.8) is 0 Å². The molecule has 2 heterocycles. The van der Waals surface area contributed by atoms with Gasteiger partial charge in [0.15, 0.2) is 0 Å². The SMILES string of the molecule is Cc1ccc(-c2nc(N)c(C#N)c(-c3ccc(Br)s3)c2C)cc1. The first-order valence-electron chi connectivity index (χ1n) is 7.04. The van der Waals surface area contributed by atoms with Crippen LogP contribution in [0.3, 0.4) is 0 Å². The van der Waals surface area contributed by atoms with Gasteiger partial charge in [-0.25, -0.2) is 4.98 Å². The van der Waals surface area contributed by atoms with E-state index in [9.17, 15) is 5.26 Å². The summed E-state index contributed by atoms with van der Waals surface area (Å²) in [6.07, 6.45) is 0. The Morgan fingerprint density at radius 3 is 2.39 bits per heavy atom. The van der Waals surface area contributed by atoms with E-state index in [0.717, 1.165) is 31.0 Å². The van der Waals surface area contributed by atoms with E-state index in [2.05, 4.69) is 27.0 Å². The van der Waals surface area contributed by atoms with E-state index < -0.39 is 0 Å². The molecule has 0 saturated carbocycles. The summed E-state index contributed by atoms with van der Waals surface area (Å²) in [5, 5.41) is 9.51. The van der Waals surface area contributed by atoms with Gasteiger partial charge >= 0.3 is 0 Å². The average Bonchev–Trinajstić information content (AvgIpc) is 2.95. The van der Waals surface area contributed by atoms with Crippen molar-refractivity contribution in [3.05, 3.63) is 56.9 Å². The van der Waals surface area contributed by atoms with Crippen molar-refractivity contribution in [2.24, 2.45) is 0 Å². The minimum absolute atomic E-state index is 0.271. The van der Waals surface area contributed by atoms with Gasteiger partial charge < -0.3 is 5.73 Å². The topological polar surface area (TPSA) is 62.7 Å². The Kier molecular flexibility index (Phi) is 4.20. The molecular weight excluding hydrogens is 370 g/mol. The molecule has 2 aromatic heterocycles. The van der Waals surface area contributed by atoms with Gasteiger partial charge in [0.05, 0.1) is 9.48 Å². The maximum absolute atomic E-state index is 9.51. The Balaban J connectivity index is 2.30. The van der Waals surface area contributed by atoms with E-state index in [0.29, 0.717) is 5.56 Å². The third-order valence-corrected chi connectivity index (χ3v) is 5.37. The van der Waals surface area contributed by atoms with E-state index >= 15 is 0 Å². The van der Waals surface area contributed by atoms with Crippen molar-refractivity contribution in [2.45, 2.75) is 13.8 Å². The molecule has 0 aliphatic rings. The molecular formula is C18H14BrN3S. The molecule has 0 saturated heterocycles. The van der Waals surface area contributed by atoms with Gasteiger partial charge in [-0.2, -0.15) is 5.26 Å². The summed E-state index contributed by atoms with van der Waals surface area (Å²) in [7, 11) is 0. The van der Waals surface area contributed by atoms with Gasteiger partial charge in [-0.3, -0.25) is 0 Å². The Morgan fingerprint density at radius 2 is 1.83 bits per heavy atom. The predicted octanol–water partition coefficient (Wildman–Crippen LogP) is 5.31. The number of aryl methyl sites for hydroxylation is 1. The first kappa shape index (κ1) is 15.7. The molecule has 2 N–H and O–H groups in total. The number of aromatic nitrogens is 1. The Bertz CT molecular complexity index is 921. The summed E-state index contributed by atoms with van der Waals surface area (Å²) in [4.78, 5) is 5.49. The van der Waals surface area contributed by atoms with E-state index in [1.807, 2.05) is 50.2 Å². The van der Waals surface area contributed by atoms with E-state index in [1.165, 1.54) is 5.56 Å². The monoisotopic (exact) mass is 383 g/mol. The van der Waals surface area contributed by atoms with Crippen LogP contribution in [0.4, 0.5) is 5.82 Å². The molecule has 0 amide bonds. The number of thiophene rings is 1. The molecule has 1 aromatic carbocycles. The first-order valence-corrected chi connectivity index (χ1v) is 8.65. The predicted molar refractivity (Wildman–Crippen MR) is 99.3 cm³/mol. The highest BCUT2D eigenvalue weighted by Gasteiger charge is 2.19. The molecule has 0 fully saturated rings. The number of nitrogens with two attached hydrogens (primary N) is 1. The normalized spacial score (nSPS) is 10.5. The summed E-state index contributed by atoms with van der Waals surface area (Å²) < 4.78 is 1.02. The standard InChI is InChI=1S/C18H14BrN3S/c1-10-3-5-12(6-4-10)17-11(2)16(13(9-20)18(21)22-17)14-7-8-15(19)23-14/h3-8H,1-2H3,(H2,21,22). The molecule has 0 radical (unpaired) electrons. The highest BCUT2D eigenvalue weighted by molar-refractivity contribution is 9.11. The molecule has 23 heavy (non-hydrogen) atoms. The molecule has 0 atom stereocenters. The van der Waals surface area contributed by atoms with Crippen LogP contribution in [0, 0.1) is 25.2 Å². The number of halogens is 1. The second-order valence-electron chi connectivity index (χ2n) is 5.30. The molecule has 114 valence electrons. The molecule has 0 aliphatic carbocycles. The van der Waals surface area contributed by atoms with Crippen LogP contribution in [0.2, 0.25) is 0 Å². The zero-order valence-corrected chi connectivity index (χ0v) is 15.1. The highest BCUT2D eigenvalue weighted by atomic mass is 79.9. The van der Waals surface area contributed by atoms with Gasteiger partial charge in [0.2, 0.25) is 0 Å². The lowest BCUT2D eigenvalue weighted by molar-refractivity contribution is 1.26. The quantitative estimate of drug-likeness (QED) is 0.651. The molecule has 3 rings (SSSR count). The highest BCUT2D eigenvalue weighted by Crippen LogP contribution is 2.40. The second kappa shape index (κ2) is 6.15. The second-order valence-corrected chi connectivity index (χ2v) is 7.77. The van der Waals surface area contributed by atoms with Crippen LogP contribution >= 0.6 is 27.3 Å². The fourth-order valence-electron chi connectivity index (χ4n) is 2.56. The summed E-state index contributed by atoms with van der Waals surface area (Å²) >= 11 is 5.06. The van der Waals surface area contributed by atoms with Crippen molar-refractivity contribution < 1.29 is 0 Å². The van der Waals surface area contributed by atoms with Gasteiger partial charge in [0.1, 0.15) is 17.5 Å². The lowest BCUT2D eigenvalue weighted by Gasteiger charge is -2.14. The summed E-state index contributed by atoms with van der Waals surface area (Å²) in [6, 6.07) is 14.3. The van der Waals surface area contributed by atoms with E-state index in [1.54, 1.807) is 11.3 Å². The van der Waals surface area contributed by atoms with Crippen LogP contribution in [0.15, 0.2) is 40.2 Å². The summed E-state index contributed by atoms with van der Waals surface area (Å²) in [5.41, 5.74) is 11.4. The fraction of sp³-hybridized carbons (Fsp3) is 0.111. The summed E-state index contributed by atoms with van der Waals surface area (Å²) in [5.74, 6) is 0.271. The third kappa shape index (κ3) is 2.88. The van der Waals surface area contributed by atoms with Crippen molar-refractivity contribution in [1.82, 2.24) is 4.98 Å². The summed E-state index contributed by atoms with van der Waals surface area (Å²) in [6.45, 7) is 4.04. The zero-order chi connectivity index (χ0) is 16.6. The number of hydrogen-bond acceptors (Lipinski definition) is 4. The number of nitriles is 1. The van der Waals surface area contributed by atoms with E-state index in [-0.39, 0.29) is 5.82 Å². The molecule has 0 unspecified atom stereocenters. The third-order valence-electron chi connectivity index (χ3n) is 3.73. The largest absolute Gasteiger partial charge is 0.383 e. The minimum atomic E-state index is 0.271. The average molecular weight is 384 g/mol. The van der Waals surface area contributed by atoms with E-state index in [4.69, 9.17) is 5.73 Å². The molecule has 0 bridgehead atoms. The van der Waals surface area contributed by atoms with Crippen molar-refractivity contribution in [3.8, 4) is 27.8 Å². The number of rotatable bonds is 2. The first-order chi connectivity index (χ1) is 11.0. The zero-order valence-electron chi connectivity index (χ0n) is 12.7. The molecule has 3 nitrogen and oxygen atoms in total. The number of nitrogens with zero attached hydrogens (tertiary/aromatic N) is 2.